The summed E-state index contributed by atoms with van der Waals surface area (Å²) in [5, 5.41) is 8.87. The van der Waals surface area contributed by atoms with E-state index >= 15 is 0 Å². The van der Waals surface area contributed by atoms with Crippen LogP contribution in [0.5, 0.6) is 0 Å². The highest BCUT2D eigenvalue weighted by Crippen LogP contribution is 2.27. The number of rotatable bonds is 3. The molecule has 0 bridgehead atoms. The first-order valence-electron chi connectivity index (χ1n) is 10.8. The van der Waals surface area contributed by atoms with Gasteiger partial charge in [-0.25, -0.2) is 0 Å². The molecule has 1 aromatic heterocycles. The third-order valence-corrected chi connectivity index (χ3v) is 6.30. The molecule has 0 saturated carbocycles. The molecule has 0 radical (unpaired) electrons. The Balaban J connectivity index is 1.28. The lowest BCUT2D eigenvalue weighted by Gasteiger charge is -2.34. The molecule has 2 aliphatic rings. The van der Waals surface area contributed by atoms with Gasteiger partial charge < -0.3 is 9.80 Å². The molecule has 0 spiro atoms. The molecule has 2 aromatic rings. The minimum Gasteiger partial charge on any atom is -0.355 e. The summed E-state index contributed by atoms with van der Waals surface area (Å²) in [7, 11) is 0. The van der Waals surface area contributed by atoms with Crippen LogP contribution in [0.1, 0.15) is 56.9 Å². The molecule has 0 atom stereocenters. The summed E-state index contributed by atoms with van der Waals surface area (Å²) in [6, 6.07) is 12.7. The zero-order valence-electron chi connectivity index (χ0n) is 17.9. The molecule has 29 heavy (non-hydrogen) atoms. The van der Waals surface area contributed by atoms with Gasteiger partial charge in [-0.2, -0.15) is 5.10 Å². The van der Waals surface area contributed by atoms with E-state index in [4.69, 9.17) is 0 Å². The van der Waals surface area contributed by atoms with Gasteiger partial charge in [0.05, 0.1) is 5.69 Å². The number of carbonyl (C=O) groups is 1. The molecule has 5 heteroatoms. The quantitative estimate of drug-likeness (QED) is 0.793. The molecule has 0 aliphatic carbocycles. The van der Waals surface area contributed by atoms with Crippen molar-refractivity contribution in [1.82, 2.24) is 15.1 Å². The molecule has 4 rings (SSSR count). The average molecular weight is 393 g/mol. The maximum absolute atomic E-state index is 12.8. The van der Waals surface area contributed by atoms with E-state index in [-0.39, 0.29) is 5.41 Å². The molecule has 3 heterocycles. The van der Waals surface area contributed by atoms with E-state index in [9.17, 15) is 4.79 Å². The zero-order valence-corrected chi connectivity index (χ0v) is 17.9. The Labute approximate surface area is 174 Å². The van der Waals surface area contributed by atoms with Crippen molar-refractivity contribution in [3.05, 3.63) is 53.2 Å². The fraction of sp³-hybridized carbons (Fsp3) is 0.542. The molecule has 154 valence electrons. The van der Waals surface area contributed by atoms with Gasteiger partial charge >= 0.3 is 0 Å². The number of carbonyl (C=O) groups excluding carboxylic acids is 1. The van der Waals surface area contributed by atoms with Crippen LogP contribution in [0.2, 0.25) is 0 Å². The van der Waals surface area contributed by atoms with Crippen molar-refractivity contribution in [3.63, 3.8) is 0 Å². The molecular formula is C24H32N4O. The van der Waals surface area contributed by atoms with Crippen LogP contribution in [0.3, 0.4) is 0 Å². The van der Waals surface area contributed by atoms with Crippen LogP contribution in [-0.2, 0) is 23.2 Å². The van der Waals surface area contributed by atoms with Crippen LogP contribution in [0.15, 0.2) is 36.4 Å². The smallest absolute Gasteiger partial charge is 0.223 e. The van der Waals surface area contributed by atoms with Crippen LogP contribution < -0.4 is 4.90 Å². The van der Waals surface area contributed by atoms with Crippen molar-refractivity contribution in [2.75, 3.05) is 24.5 Å². The number of piperidine rings is 1. The van der Waals surface area contributed by atoms with Crippen molar-refractivity contribution in [1.29, 1.82) is 0 Å². The minimum absolute atomic E-state index is 0.0217. The minimum atomic E-state index is 0.0217. The second-order valence-corrected chi connectivity index (χ2v) is 9.50. The van der Waals surface area contributed by atoms with E-state index in [1.54, 1.807) is 0 Å². The molecule has 1 fully saturated rings. The predicted molar refractivity (Wildman–Crippen MR) is 116 cm³/mol. The highest BCUT2D eigenvalue weighted by atomic mass is 16.2. The number of anilines is 1. The van der Waals surface area contributed by atoms with Crippen LogP contribution in [0.25, 0.3) is 0 Å². The second kappa shape index (κ2) is 8.13. The Morgan fingerprint density at radius 1 is 1.00 bits per heavy atom. The van der Waals surface area contributed by atoms with Gasteiger partial charge in [-0.15, -0.1) is 5.10 Å². The summed E-state index contributed by atoms with van der Waals surface area (Å²) in [6.45, 7) is 9.98. The summed E-state index contributed by atoms with van der Waals surface area (Å²) in [4.78, 5) is 17.2. The van der Waals surface area contributed by atoms with Crippen LogP contribution >= 0.6 is 0 Å². The number of hydrogen-bond acceptors (Lipinski definition) is 4. The summed E-state index contributed by atoms with van der Waals surface area (Å²) in [5.74, 6) is 1.74. The lowest BCUT2D eigenvalue weighted by molar-refractivity contribution is -0.133. The first kappa shape index (κ1) is 19.9. The van der Waals surface area contributed by atoms with Gasteiger partial charge in [-0.3, -0.25) is 4.79 Å². The van der Waals surface area contributed by atoms with Crippen LogP contribution in [-0.4, -0.2) is 40.6 Å². The lowest BCUT2D eigenvalue weighted by atomic mass is 9.91. The molecule has 5 nitrogen and oxygen atoms in total. The van der Waals surface area contributed by atoms with Gasteiger partial charge in [-0.05, 0) is 48.4 Å². The number of fused-ring (bicyclic) bond motifs is 1. The van der Waals surface area contributed by atoms with Crippen molar-refractivity contribution >= 4 is 11.7 Å². The maximum Gasteiger partial charge on any atom is 0.223 e. The summed E-state index contributed by atoms with van der Waals surface area (Å²) in [6.07, 6.45) is 3.73. The average Bonchev–Trinajstić information content (AvgIpc) is 2.73. The largest absolute Gasteiger partial charge is 0.355 e. The highest BCUT2D eigenvalue weighted by Gasteiger charge is 2.26. The van der Waals surface area contributed by atoms with Crippen molar-refractivity contribution in [2.45, 2.75) is 58.4 Å². The van der Waals surface area contributed by atoms with E-state index in [0.29, 0.717) is 18.2 Å². The normalized spacial score (nSPS) is 17.9. The maximum atomic E-state index is 12.8. The standard InChI is InChI=1S/C24H32N4O/c1-24(2,3)21-8-9-22(26-25-21)27-13-10-18(11-14-27)16-23(29)28-15-12-19-6-4-5-7-20(19)17-28/h4-9,18H,10-17H2,1-3H3. The molecule has 0 N–H and O–H groups in total. The third kappa shape index (κ3) is 4.60. The Morgan fingerprint density at radius 3 is 2.38 bits per heavy atom. The van der Waals surface area contributed by atoms with Gasteiger partial charge in [0.15, 0.2) is 5.82 Å². The summed E-state index contributed by atoms with van der Waals surface area (Å²) < 4.78 is 0. The van der Waals surface area contributed by atoms with Crippen LogP contribution in [0, 0.1) is 5.92 Å². The van der Waals surface area contributed by atoms with E-state index < -0.39 is 0 Å². The topological polar surface area (TPSA) is 49.3 Å². The Kier molecular flexibility index (Phi) is 5.57. The van der Waals surface area contributed by atoms with Gasteiger partial charge in [-0.1, -0.05) is 45.0 Å². The molecular weight excluding hydrogens is 360 g/mol. The van der Waals surface area contributed by atoms with Crippen LogP contribution in [0.4, 0.5) is 5.82 Å². The number of hydrogen-bond donors (Lipinski definition) is 0. The first-order valence-corrected chi connectivity index (χ1v) is 10.8. The number of nitrogens with zero attached hydrogens (tertiary/aromatic N) is 4. The van der Waals surface area contributed by atoms with E-state index in [1.807, 2.05) is 4.90 Å². The van der Waals surface area contributed by atoms with Crippen molar-refractivity contribution < 1.29 is 4.79 Å². The van der Waals surface area contributed by atoms with E-state index in [2.05, 4.69) is 72.3 Å². The molecule has 1 amide bonds. The fourth-order valence-electron chi connectivity index (χ4n) is 4.34. The lowest BCUT2D eigenvalue weighted by Crippen LogP contribution is -2.39. The SMILES string of the molecule is CC(C)(C)c1ccc(N2CCC(CC(=O)N3CCc4ccccc4C3)CC2)nn1. The van der Waals surface area contributed by atoms with E-state index in [1.165, 1.54) is 11.1 Å². The molecule has 0 unspecified atom stereocenters. The predicted octanol–water partition coefficient (Wildman–Crippen LogP) is 3.97. The zero-order chi connectivity index (χ0) is 20.4. The second-order valence-electron chi connectivity index (χ2n) is 9.50. The van der Waals surface area contributed by atoms with Gasteiger partial charge in [0.2, 0.25) is 5.91 Å². The fourth-order valence-corrected chi connectivity index (χ4v) is 4.34. The van der Waals surface area contributed by atoms with Crippen molar-refractivity contribution in [3.8, 4) is 0 Å². The molecule has 1 saturated heterocycles. The summed E-state index contributed by atoms with van der Waals surface area (Å²) in [5.41, 5.74) is 3.74. The third-order valence-electron chi connectivity index (χ3n) is 6.30. The van der Waals surface area contributed by atoms with Gasteiger partial charge in [0, 0.05) is 38.0 Å². The summed E-state index contributed by atoms with van der Waals surface area (Å²) >= 11 is 0. The Morgan fingerprint density at radius 2 is 1.72 bits per heavy atom. The number of benzene rings is 1. The van der Waals surface area contributed by atoms with E-state index in [0.717, 1.165) is 57.0 Å². The highest BCUT2D eigenvalue weighted by molar-refractivity contribution is 5.76. The first-order chi connectivity index (χ1) is 13.9. The Hall–Kier alpha value is -2.43. The number of aromatic nitrogens is 2. The molecule has 2 aliphatic heterocycles. The van der Waals surface area contributed by atoms with Gasteiger partial charge in [0.25, 0.3) is 0 Å². The van der Waals surface area contributed by atoms with Gasteiger partial charge in [0.1, 0.15) is 0 Å². The monoisotopic (exact) mass is 392 g/mol. The van der Waals surface area contributed by atoms with Crippen molar-refractivity contribution in [2.24, 2.45) is 5.92 Å². The molecule has 1 aromatic carbocycles. The Bertz CT molecular complexity index is 848. The number of amides is 1.